The second-order valence-electron chi connectivity index (χ2n) is 4.90. The quantitative estimate of drug-likeness (QED) is 0.672. The molecule has 0 aromatic heterocycles. The average molecular weight is 334 g/mol. The van der Waals surface area contributed by atoms with Crippen molar-refractivity contribution < 1.29 is 18.3 Å². The van der Waals surface area contributed by atoms with Gasteiger partial charge in [0.05, 0.1) is 18.2 Å². The first kappa shape index (κ1) is 16.8. The van der Waals surface area contributed by atoms with Crippen LogP contribution in [0.4, 0.5) is 0 Å². The number of para-hydroxylation sites is 1. The number of phenols is 1. The topological polar surface area (TPSA) is 79.2 Å². The third kappa shape index (κ3) is 3.62. The molecule has 0 fully saturated rings. The predicted octanol–water partition coefficient (Wildman–Crippen LogP) is 2.36. The Hall–Kier alpha value is -2.54. The number of aryl methyl sites for hydroxylation is 1. The first-order valence-corrected chi connectivity index (χ1v) is 8.26. The normalized spacial score (nSPS) is 11.6. The first-order valence-electron chi connectivity index (χ1n) is 6.82. The van der Waals surface area contributed by atoms with Crippen LogP contribution < -0.4 is 4.74 Å². The first-order chi connectivity index (χ1) is 10.9. The van der Waals surface area contributed by atoms with Crippen LogP contribution in [0.1, 0.15) is 11.1 Å². The maximum atomic E-state index is 12.4. The fraction of sp³-hybridized carbons (Fsp3) is 0.188. The lowest BCUT2D eigenvalue weighted by molar-refractivity contribution is 0.373. The largest absolute Gasteiger partial charge is 0.504 e. The van der Waals surface area contributed by atoms with Crippen LogP contribution >= 0.6 is 0 Å². The highest BCUT2D eigenvalue weighted by Gasteiger charge is 2.19. The smallest absolute Gasteiger partial charge is 0.278 e. The number of hydrazone groups is 1. The molecule has 122 valence electrons. The summed E-state index contributed by atoms with van der Waals surface area (Å²) in [5.41, 5.74) is 1.33. The molecule has 0 saturated carbocycles. The summed E-state index contributed by atoms with van der Waals surface area (Å²) in [4.78, 5) is 0.151. The zero-order chi connectivity index (χ0) is 17.0. The minimum atomic E-state index is -3.73. The Morgan fingerprint density at radius 2 is 1.83 bits per heavy atom. The summed E-state index contributed by atoms with van der Waals surface area (Å²) >= 11 is 0. The van der Waals surface area contributed by atoms with Crippen molar-refractivity contribution in [1.29, 1.82) is 0 Å². The number of aromatic hydroxyl groups is 1. The number of rotatable bonds is 5. The minimum absolute atomic E-state index is 0.0973. The second-order valence-corrected chi connectivity index (χ2v) is 6.85. The number of sulfonamides is 1. The Balaban J connectivity index is 2.27. The summed E-state index contributed by atoms with van der Waals surface area (Å²) in [6, 6.07) is 11.4. The lowest BCUT2D eigenvalue weighted by atomic mass is 10.2. The van der Waals surface area contributed by atoms with Gasteiger partial charge in [-0.25, -0.2) is 0 Å². The van der Waals surface area contributed by atoms with Crippen LogP contribution in [-0.2, 0) is 10.0 Å². The summed E-state index contributed by atoms with van der Waals surface area (Å²) in [7, 11) is -0.961. The number of hydrogen-bond acceptors (Lipinski definition) is 5. The Morgan fingerprint density at radius 1 is 1.17 bits per heavy atom. The van der Waals surface area contributed by atoms with Crippen molar-refractivity contribution in [3.05, 3.63) is 53.6 Å². The van der Waals surface area contributed by atoms with E-state index in [1.165, 1.54) is 32.5 Å². The molecule has 2 aromatic carbocycles. The minimum Gasteiger partial charge on any atom is -0.504 e. The monoisotopic (exact) mass is 334 g/mol. The molecule has 0 amide bonds. The van der Waals surface area contributed by atoms with Gasteiger partial charge in [0.1, 0.15) is 0 Å². The van der Waals surface area contributed by atoms with Crippen LogP contribution in [0.2, 0.25) is 0 Å². The van der Waals surface area contributed by atoms with E-state index < -0.39 is 10.0 Å². The SMILES string of the molecule is COc1cccc(C=NN(C)S(=O)(=O)c2ccc(C)cc2)c1O. The molecule has 0 radical (unpaired) electrons. The molecule has 0 atom stereocenters. The Morgan fingerprint density at radius 3 is 2.43 bits per heavy atom. The average Bonchev–Trinajstić information content (AvgIpc) is 2.54. The number of ether oxygens (including phenoxy) is 1. The maximum absolute atomic E-state index is 12.4. The number of benzene rings is 2. The van der Waals surface area contributed by atoms with Crippen LogP contribution in [0.15, 0.2) is 52.5 Å². The van der Waals surface area contributed by atoms with Crippen molar-refractivity contribution in [1.82, 2.24) is 4.41 Å². The van der Waals surface area contributed by atoms with E-state index in [9.17, 15) is 13.5 Å². The van der Waals surface area contributed by atoms with Gasteiger partial charge in [0.15, 0.2) is 11.5 Å². The van der Waals surface area contributed by atoms with Gasteiger partial charge in [-0.3, -0.25) is 0 Å². The van der Waals surface area contributed by atoms with E-state index >= 15 is 0 Å². The van der Waals surface area contributed by atoms with Crippen LogP contribution in [0.25, 0.3) is 0 Å². The lowest BCUT2D eigenvalue weighted by Gasteiger charge is -2.14. The van der Waals surface area contributed by atoms with E-state index in [4.69, 9.17) is 4.74 Å². The van der Waals surface area contributed by atoms with E-state index in [0.717, 1.165) is 9.98 Å². The van der Waals surface area contributed by atoms with Gasteiger partial charge in [-0.15, -0.1) is 0 Å². The van der Waals surface area contributed by atoms with Crippen molar-refractivity contribution in [2.45, 2.75) is 11.8 Å². The fourth-order valence-corrected chi connectivity index (χ4v) is 2.83. The zero-order valence-electron chi connectivity index (χ0n) is 13.1. The Labute approximate surface area is 135 Å². The van der Waals surface area contributed by atoms with Crippen molar-refractivity contribution in [2.75, 3.05) is 14.2 Å². The van der Waals surface area contributed by atoms with E-state index in [2.05, 4.69) is 5.10 Å². The molecule has 1 N–H and O–H groups in total. The van der Waals surface area contributed by atoms with Gasteiger partial charge in [0.25, 0.3) is 10.0 Å². The highest BCUT2D eigenvalue weighted by molar-refractivity contribution is 7.89. The van der Waals surface area contributed by atoms with Crippen LogP contribution in [-0.4, -0.2) is 38.3 Å². The molecular formula is C16H18N2O4S. The standard InChI is InChI=1S/C16H18N2O4S/c1-12-7-9-14(10-8-12)23(20,21)18(2)17-11-13-5-4-6-15(22-3)16(13)19/h4-11,19H,1-3H3. The third-order valence-electron chi connectivity index (χ3n) is 3.28. The molecule has 0 heterocycles. The molecule has 0 aliphatic heterocycles. The molecule has 0 bridgehead atoms. The van der Waals surface area contributed by atoms with Gasteiger partial charge < -0.3 is 9.84 Å². The highest BCUT2D eigenvalue weighted by Crippen LogP contribution is 2.28. The molecular weight excluding hydrogens is 316 g/mol. The lowest BCUT2D eigenvalue weighted by Crippen LogP contribution is -2.21. The molecule has 0 spiro atoms. The Kier molecular flexibility index (Phi) is 4.90. The molecule has 0 unspecified atom stereocenters. The zero-order valence-corrected chi connectivity index (χ0v) is 13.9. The van der Waals surface area contributed by atoms with Gasteiger partial charge in [-0.05, 0) is 31.2 Å². The fourth-order valence-electron chi connectivity index (χ4n) is 1.88. The van der Waals surface area contributed by atoms with Gasteiger partial charge >= 0.3 is 0 Å². The number of methoxy groups -OCH3 is 1. The maximum Gasteiger partial charge on any atom is 0.278 e. The predicted molar refractivity (Wildman–Crippen MR) is 88.4 cm³/mol. The highest BCUT2D eigenvalue weighted by atomic mass is 32.2. The summed E-state index contributed by atoms with van der Waals surface area (Å²) in [5.74, 6) is 0.192. The molecule has 0 aliphatic carbocycles. The van der Waals surface area contributed by atoms with E-state index in [1.54, 1.807) is 30.3 Å². The van der Waals surface area contributed by atoms with Gasteiger partial charge in [-0.1, -0.05) is 23.8 Å². The van der Waals surface area contributed by atoms with Gasteiger partial charge in [0.2, 0.25) is 0 Å². The van der Waals surface area contributed by atoms with E-state index in [1.807, 2.05) is 6.92 Å². The van der Waals surface area contributed by atoms with Crippen LogP contribution in [0.5, 0.6) is 11.5 Å². The Bertz CT molecular complexity index is 814. The molecule has 23 heavy (non-hydrogen) atoms. The molecule has 2 rings (SSSR count). The van der Waals surface area contributed by atoms with Crippen molar-refractivity contribution in [3.8, 4) is 11.5 Å². The van der Waals surface area contributed by atoms with Crippen molar-refractivity contribution in [2.24, 2.45) is 5.10 Å². The summed E-state index contributed by atoms with van der Waals surface area (Å²) in [6.07, 6.45) is 1.27. The van der Waals surface area contributed by atoms with E-state index in [-0.39, 0.29) is 16.4 Å². The van der Waals surface area contributed by atoms with Crippen LogP contribution in [0.3, 0.4) is 0 Å². The summed E-state index contributed by atoms with van der Waals surface area (Å²) in [5, 5.41) is 13.9. The van der Waals surface area contributed by atoms with E-state index in [0.29, 0.717) is 5.56 Å². The molecule has 0 aliphatic rings. The number of nitrogens with zero attached hydrogens (tertiary/aromatic N) is 2. The molecule has 2 aromatic rings. The summed E-state index contributed by atoms with van der Waals surface area (Å²) in [6.45, 7) is 1.88. The number of hydrogen-bond donors (Lipinski definition) is 1. The molecule has 7 heteroatoms. The van der Waals surface area contributed by atoms with Gasteiger partial charge in [-0.2, -0.15) is 17.9 Å². The van der Waals surface area contributed by atoms with Crippen LogP contribution in [0, 0.1) is 6.92 Å². The van der Waals surface area contributed by atoms with Crippen molar-refractivity contribution >= 4 is 16.2 Å². The molecule has 0 saturated heterocycles. The van der Waals surface area contributed by atoms with Crippen molar-refractivity contribution in [3.63, 3.8) is 0 Å². The second kappa shape index (κ2) is 6.70. The molecule has 6 nitrogen and oxygen atoms in total. The number of phenolic OH excluding ortho intramolecular Hbond substituents is 1. The summed E-state index contributed by atoms with van der Waals surface area (Å²) < 4.78 is 30.6. The third-order valence-corrected chi connectivity index (χ3v) is 4.93. The van der Waals surface area contributed by atoms with Gasteiger partial charge in [0, 0.05) is 12.6 Å².